The van der Waals surface area contributed by atoms with Crippen molar-refractivity contribution in [2.75, 3.05) is 0 Å². The van der Waals surface area contributed by atoms with Crippen molar-refractivity contribution in [1.82, 2.24) is 20.1 Å². The van der Waals surface area contributed by atoms with Gasteiger partial charge in [0.2, 0.25) is 0 Å². The van der Waals surface area contributed by atoms with Crippen LogP contribution in [0.25, 0.3) is 11.1 Å². The molecule has 1 aliphatic carbocycles. The Hall–Kier alpha value is -1.68. The van der Waals surface area contributed by atoms with E-state index >= 15 is 0 Å². The molecule has 3 rings (SSSR count). The van der Waals surface area contributed by atoms with Gasteiger partial charge in [-0.15, -0.1) is 0 Å². The molecule has 4 heteroatoms. The summed E-state index contributed by atoms with van der Waals surface area (Å²) in [5.41, 5.74) is 4.79. The number of rotatable bonds is 5. The number of hydrogen-bond acceptors (Lipinski definition) is 3. The summed E-state index contributed by atoms with van der Waals surface area (Å²) in [6, 6.07) is 2.94. The number of aryl methyl sites for hydroxylation is 1. The highest BCUT2D eigenvalue weighted by Crippen LogP contribution is 2.24. The zero-order chi connectivity index (χ0) is 13.2. The smallest absolute Gasteiger partial charge is 0.0571 e. The molecule has 100 valence electrons. The van der Waals surface area contributed by atoms with E-state index in [0.29, 0.717) is 0 Å². The number of hydrogen-bond donors (Lipinski definition) is 1. The van der Waals surface area contributed by atoms with E-state index in [0.717, 1.165) is 24.7 Å². The van der Waals surface area contributed by atoms with Crippen molar-refractivity contribution in [1.29, 1.82) is 0 Å². The molecule has 1 fully saturated rings. The molecular weight excluding hydrogens is 236 g/mol. The minimum atomic E-state index is 0.730. The van der Waals surface area contributed by atoms with E-state index in [4.69, 9.17) is 0 Å². The maximum atomic E-state index is 4.40. The predicted octanol–water partition coefficient (Wildman–Crippen LogP) is 2.53. The summed E-state index contributed by atoms with van der Waals surface area (Å²) < 4.78 is 2.02. The van der Waals surface area contributed by atoms with Crippen molar-refractivity contribution in [2.24, 2.45) is 0 Å². The van der Waals surface area contributed by atoms with Crippen molar-refractivity contribution in [3.8, 4) is 11.1 Å². The quantitative estimate of drug-likeness (QED) is 0.894. The second-order valence-electron chi connectivity index (χ2n) is 5.20. The van der Waals surface area contributed by atoms with E-state index in [-0.39, 0.29) is 0 Å². The van der Waals surface area contributed by atoms with Gasteiger partial charge in [-0.05, 0) is 38.3 Å². The maximum absolute atomic E-state index is 4.40. The highest BCUT2D eigenvalue weighted by atomic mass is 15.3. The van der Waals surface area contributed by atoms with Gasteiger partial charge in [-0.1, -0.05) is 0 Å². The molecule has 0 atom stereocenters. The minimum Gasteiger partial charge on any atom is -0.310 e. The fourth-order valence-electron chi connectivity index (χ4n) is 2.33. The molecule has 1 saturated carbocycles. The molecule has 0 amide bonds. The first-order valence-electron chi connectivity index (χ1n) is 6.98. The predicted molar refractivity (Wildman–Crippen MR) is 75.7 cm³/mol. The van der Waals surface area contributed by atoms with Crippen LogP contribution in [0.5, 0.6) is 0 Å². The summed E-state index contributed by atoms with van der Waals surface area (Å²) in [6.45, 7) is 6.04. The van der Waals surface area contributed by atoms with Crippen LogP contribution in [0.1, 0.15) is 31.0 Å². The van der Waals surface area contributed by atoms with Crippen molar-refractivity contribution in [2.45, 2.75) is 45.8 Å². The molecule has 2 aromatic rings. The summed E-state index contributed by atoms with van der Waals surface area (Å²) in [7, 11) is 0. The average molecular weight is 256 g/mol. The summed E-state index contributed by atoms with van der Waals surface area (Å²) in [5, 5.41) is 7.92. The third-order valence-electron chi connectivity index (χ3n) is 3.68. The van der Waals surface area contributed by atoms with E-state index in [2.05, 4.69) is 35.3 Å². The van der Waals surface area contributed by atoms with Gasteiger partial charge in [-0.3, -0.25) is 9.67 Å². The topological polar surface area (TPSA) is 42.7 Å². The fraction of sp³-hybridized carbons (Fsp3) is 0.467. The van der Waals surface area contributed by atoms with Gasteiger partial charge in [0.15, 0.2) is 0 Å². The third kappa shape index (κ3) is 2.68. The second kappa shape index (κ2) is 5.13. The molecule has 0 bridgehead atoms. The van der Waals surface area contributed by atoms with Crippen LogP contribution < -0.4 is 5.32 Å². The standard InChI is InChI=1S/C15H20N4/c1-3-19-11(2)15(10-18-19)13-6-12(7-16-9-13)8-17-14-4-5-14/h6-7,9-10,14,17H,3-5,8H2,1-2H3. The van der Waals surface area contributed by atoms with Crippen LogP contribution in [0.15, 0.2) is 24.7 Å². The lowest BCUT2D eigenvalue weighted by atomic mass is 10.1. The van der Waals surface area contributed by atoms with E-state index in [9.17, 15) is 0 Å². The first-order valence-corrected chi connectivity index (χ1v) is 6.98. The van der Waals surface area contributed by atoms with Gasteiger partial charge in [0.1, 0.15) is 0 Å². The Morgan fingerprint density at radius 1 is 1.32 bits per heavy atom. The lowest BCUT2D eigenvalue weighted by Crippen LogP contribution is -2.15. The van der Waals surface area contributed by atoms with Crippen molar-refractivity contribution in [3.05, 3.63) is 35.9 Å². The van der Waals surface area contributed by atoms with Gasteiger partial charge >= 0.3 is 0 Å². The Morgan fingerprint density at radius 3 is 2.84 bits per heavy atom. The van der Waals surface area contributed by atoms with Crippen LogP contribution in [0.4, 0.5) is 0 Å². The molecule has 0 spiro atoms. The molecule has 0 saturated heterocycles. The number of pyridine rings is 1. The summed E-state index contributed by atoms with van der Waals surface area (Å²) in [6.07, 6.45) is 8.43. The lowest BCUT2D eigenvalue weighted by molar-refractivity contribution is 0.640. The summed E-state index contributed by atoms with van der Waals surface area (Å²) in [4.78, 5) is 4.36. The van der Waals surface area contributed by atoms with Gasteiger partial charge in [-0.2, -0.15) is 5.10 Å². The van der Waals surface area contributed by atoms with Gasteiger partial charge in [0, 0.05) is 48.3 Å². The molecule has 19 heavy (non-hydrogen) atoms. The zero-order valence-electron chi connectivity index (χ0n) is 11.6. The molecular formula is C15H20N4. The molecule has 0 aliphatic heterocycles. The van der Waals surface area contributed by atoms with E-state index < -0.39 is 0 Å². The average Bonchev–Trinajstić information content (AvgIpc) is 3.19. The third-order valence-corrected chi connectivity index (χ3v) is 3.68. The summed E-state index contributed by atoms with van der Waals surface area (Å²) in [5.74, 6) is 0. The van der Waals surface area contributed by atoms with Gasteiger partial charge in [-0.25, -0.2) is 0 Å². The minimum absolute atomic E-state index is 0.730. The lowest BCUT2D eigenvalue weighted by Gasteiger charge is -2.06. The Kier molecular flexibility index (Phi) is 3.34. The van der Waals surface area contributed by atoms with Crippen molar-refractivity contribution in [3.63, 3.8) is 0 Å². The molecule has 0 unspecified atom stereocenters. The molecule has 0 aromatic carbocycles. The first-order chi connectivity index (χ1) is 9.28. The van der Waals surface area contributed by atoms with Crippen LogP contribution >= 0.6 is 0 Å². The van der Waals surface area contributed by atoms with Crippen LogP contribution in [0.3, 0.4) is 0 Å². The van der Waals surface area contributed by atoms with Crippen molar-refractivity contribution >= 4 is 0 Å². The Bertz CT molecular complexity index is 569. The van der Waals surface area contributed by atoms with Crippen LogP contribution in [0, 0.1) is 6.92 Å². The normalized spacial score (nSPS) is 14.8. The van der Waals surface area contributed by atoms with Gasteiger partial charge < -0.3 is 5.32 Å². The molecule has 4 nitrogen and oxygen atoms in total. The largest absolute Gasteiger partial charge is 0.310 e. The van der Waals surface area contributed by atoms with Gasteiger partial charge in [0.25, 0.3) is 0 Å². The second-order valence-corrected chi connectivity index (χ2v) is 5.20. The zero-order valence-corrected chi connectivity index (χ0v) is 11.6. The monoisotopic (exact) mass is 256 g/mol. The summed E-state index contributed by atoms with van der Waals surface area (Å²) >= 11 is 0. The van der Waals surface area contributed by atoms with Crippen molar-refractivity contribution < 1.29 is 0 Å². The number of nitrogens with one attached hydrogen (secondary N) is 1. The Labute approximate surface area is 113 Å². The Morgan fingerprint density at radius 2 is 2.16 bits per heavy atom. The molecule has 2 heterocycles. The van der Waals surface area contributed by atoms with E-state index in [1.165, 1.54) is 29.7 Å². The van der Waals surface area contributed by atoms with Crippen LogP contribution in [0.2, 0.25) is 0 Å². The maximum Gasteiger partial charge on any atom is 0.0571 e. The molecule has 0 radical (unpaired) electrons. The highest BCUT2D eigenvalue weighted by Gasteiger charge is 2.20. The van der Waals surface area contributed by atoms with Crippen LogP contribution in [-0.4, -0.2) is 20.8 Å². The number of aromatic nitrogens is 3. The fourth-order valence-corrected chi connectivity index (χ4v) is 2.33. The van der Waals surface area contributed by atoms with E-state index in [1.54, 1.807) is 0 Å². The first kappa shape index (κ1) is 12.4. The molecule has 1 aliphatic rings. The molecule has 1 N–H and O–H groups in total. The van der Waals surface area contributed by atoms with E-state index in [1.807, 2.05) is 23.3 Å². The number of nitrogens with zero attached hydrogens (tertiary/aromatic N) is 3. The SMILES string of the molecule is CCn1ncc(-c2cncc(CNC3CC3)c2)c1C. The molecule has 2 aromatic heterocycles. The Balaban J connectivity index is 1.82. The highest BCUT2D eigenvalue weighted by molar-refractivity contribution is 5.64. The van der Waals surface area contributed by atoms with Gasteiger partial charge in [0.05, 0.1) is 6.20 Å². The van der Waals surface area contributed by atoms with Crippen LogP contribution in [-0.2, 0) is 13.1 Å².